The van der Waals surface area contributed by atoms with Gasteiger partial charge in [-0.2, -0.15) is 13.2 Å². The van der Waals surface area contributed by atoms with Gasteiger partial charge in [0.15, 0.2) is 11.6 Å². The number of anilines is 2. The molecule has 162 valence electrons. The third kappa shape index (κ3) is 5.09. The van der Waals surface area contributed by atoms with Gasteiger partial charge >= 0.3 is 6.18 Å². The summed E-state index contributed by atoms with van der Waals surface area (Å²) in [5.41, 5.74) is 0.252. The number of alkyl halides is 3. The molecule has 0 saturated carbocycles. The molecule has 0 aliphatic heterocycles. The molecule has 2 aromatic rings. The highest BCUT2D eigenvalue weighted by Gasteiger charge is 2.36. The van der Waals surface area contributed by atoms with Gasteiger partial charge in [-0.15, -0.1) is 0 Å². The quantitative estimate of drug-likeness (QED) is 0.539. The van der Waals surface area contributed by atoms with E-state index in [0.717, 1.165) is 18.2 Å². The van der Waals surface area contributed by atoms with Crippen LogP contribution in [-0.2, 0) is 17.4 Å². The van der Waals surface area contributed by atoms with Crippen molar-refractivity contribution in [2.45, 2.75) is 51.7 Å². The molecule has 0 heterocycles. The summed E-state index contributed by atoms with van der Waals surface area (Å²) in [7, 11) is 0. The van der Waals surface area contributed by atoms with Crippen molar-refractivity contribution in [2.75, 3.05) is 10.6 Å². The van der Waals surface area contributed by atoms with Gasteiger partial charge < -0.3 is 10.6 Å². The minimum Gasteiger partial charge on any atom is -0.378 e. The highest BCUT2D eigenvalue weighted by Crippen LogP contribution is 2.41. The molecule has 2 N–H and O–H groups in total. The summed E-state index contributed by atoms with van der Waals surface area (Å²) < 4.78 is 67.8. The molecule has 1 aliphatic carbocycles. The van der Waals surface area contributed by atoms with Crippen molar-refractivity contribution < 1.29 is 26.7 Å². The Morgan fingerprint density at radius 3 is 2.50 bits per heavy atom. The Bertz CT molecular complexity index is 940. The lowest BCUT2D eigenvalue weighted by Gasteiger charge is -2.29. The zero-order valence-corrected chi connectivity index (χ0v) is 16.7. The van der Waals surface area contributed by atoms with Gasteiger partial charge in [-0.1, -0.05) is 13.8 Å². The minimum absolute atomic E-state index is 0.0154. The summed E-state index contributed by atoms with van der Waals surface area (Å²) in [6, 6.07) is 5.25. The summed E-state index contributed by atoms with van der Waals surface area (Å²) in [6.07, 6.45) is -2.72. The lowest BCUT2D eigenvalue weighted by Crippen LogP contribution is -2.22. The number of fused-ring (bicyclic) bond motifs is 1. The Balaban J connectivity index is 1.96. The fraction of sp³-hybridized carbons (Fsp3) is 0.409. The van der Waals surface area contributed by atoms with Gasteiger partial charge in [-0.3, -0.25) is 4.79 Å². The maximum Gasteiger partial charge on any atom is 0.418 e. The molecule has 2 aromatic carbocycles. The van der Waals surface area contributed by atoms with Gasteiger partial charge in [-0.05, 0) is 60.6 Å². The molecule has 0 saturated heterocycles. The van der Waals surface area contributed by atoms with Crippen LogP contribution in [0.5, 0.6) is 0 Å². The monoisotopic (exact) mass is 426 g/mol. The lowest BCUT2D eigenvalue weighted by atomic mass is 9.85. The molecule has 0 spiro atoms. The number of benzene rings is 2. The first-order valence-corrected chi connectivity index (χ1v) is 9.80. The first-order valence-electron chi connectivity index (χ1n) is 9.80. The summed E-state index contributed by atoms with van der Waals surface area (Å²) in [5, 5.41) is 5.41. The van der Waals surface area contributed by atoms with E-state index in [4.69, 9.17) is 0 Å². The largest absolute Gasteiger partial charge is 0.418 e. The lowest BCUT2D eigenvalue weighted by molar-refractivity contribution is -0.137. The second-order valence-corrected chi connectivity index (χ2v) is 7.96. The molecule has 3 nitrogen and oxygen atoms in total. The molecule has 1 aliphatic rings. The molecule has 0 radical (unpaired) electrons. The summed E-state index contributed by atoms with van der Waals surface area (Å²) in [4.78, 5) is 12.1. The Labute approximate surface area is 171 Å². The topological polar surface area (TPSA) is 41.1 Å². The number of hydrogen-bond donors (Lipinski definition) is 2. The molecule has 1 atom stereocenters. The predicted molar refractivity (Wildman–Crippen MR) is 105 cm³/mol. The van der Waals surface area contributed by atoms with E-state index in [1.165, 1.54) is 12.1 Å². The van der Waals surface area contributed by atoms with E-state index in [2.05, 4.69) is 10.6 Å². The molecular weight excluding hydrogens is 403 g/mol. The van der Waals surface area contributed by atoms with E-state index >= 15 is 0 Å². The number of nitrogens with one attached hydrogen (secondary N) is 2. The van der Waals surface area contributed by atoms with Crippen molar-refractivity contribution in [3.8, 4) is 0 Å². The Hall–Kier alpha value is -2.64. The molecular formula is C22H23F5N2O. The van der Waals surface area contributed by atoms with E-state index in [-0.39, 0.29) is 23.7 Å². The van der Waals surface area contributed by atoms with E-state index in [1.807, 2.05) is 13.8 Å². The van der Waals surface area contributed by atoms with Crippen molar-refractivity contribution in [1.82, 2.24) is 0 Å². The molecule has 3 rings (SSSR count). The molecule has 1 unspecified atom stereocenters. The maximum atomic E-state index is 13.7. The van der Waals surface area contributed by atoms with Crippen molar-refractivity contribution >= 4 is 17.3 Å². The van der Waals surface area contributed by atoms with Gasteiger partial charge in [0.1, 0.15) is 0 Å². The average Bonchev–Trinajstić information content (AvgIpc) is 2.63. The van der Waals surface area contributed by atoms with Crippen molar-refractivity contribution in [1.29, 1.82) is 0 Å². The van der Waals surface area contributed by atoms with Crippen LogP contribution < -0.4 is 10.6 Å². The van der Waals surface area contributed by atoms with Gasteiger partial charge in [0.2, 0.25) is 5.91 Å². The predicted octanol–water partition coefficient (Wildman–Crippen LogP) is 6.46. The number of carbonyl (C=O) groups is 1. The minimum atomic E-state index is -4.65. The van der Waals surface area contributed by atoms with Crippen molar-refractivity contribution in [2.24, 2.45) is 5.92 Å². The van der Waals surface area contributed by atoms with E-state index in [1.54, 1.807) is 0 Å². The standard InChI is InChI=1S/C22H23F5N2O/c1-12(2)8-21(30)29-20-9-13-4-3-5-19(15(13)11-16(20)22(25,26)27)28-14-6-7-17(23)18(24)10-14/h6-7,9-12,19,28H,3-5,8H2,1-2H3,(H,29,30). The van der Waals surface area contributed by atoms with Crippen LogP contribution in [-0.4, -0.2) is 5.91 Å². The smallest absolute Gasteiger partial charge is 0.378 e. The van der Waals surface area contributed by atoms with Crippen molar-refractivity contribution in [3.05, 3.63) is 58.7 Å². The number of rotatable bonds is 5. The molecule has 0 bridgehead atoms. The summed E-state index contributed by atoms with van der Waals surface area (Å²) in [6.45, 7) is 3.62. The normalized spacial score (nSPS) is 16.3. The first-order chi connectivity index (χ1) is 14.0. The molecule has 1 amide bonds. The zero-order valence-electron chi connectivity index (χ0n) is 16.7. The van der Waals surface area contributed by atoms with Gasteiger partial charge in [-0.25, -0.2) is 8.78 Å². The SMILES string of the molecule is CC(C)CC(=O)Nc1cc2c(cc1C(F)(F)F)C(Nc1ccc(F)c(F)c1)CCC2. The van der Waals surface area contributed by atoms with E-state index in [0.29, 0.717) is 30.4 Å². The number of aryl methyl sites for hydroxylation is 1. The van der Waals surface area contributed by atoms with E-state index in [9.17, 15) is 26.7 Å². The fourth-order valence-corrected chi connectivity index (χ4v) is 3.70. The average molecular weight is 426 g/mol. The number of amides is 1. The Morgan fingerprint density at radius 2 is 1.87 bits per heavy atom. The molecule has 8 heteroatoms. The van der Waals surface area contributed by atoms with Crippen LogP contribution in [0, 0.1) is 17.6 Å². The molecule has 30 heavy (non-hydrogen) atoms. The third-order valence-corrected chi connectivity index (χ3v) is 5.03. The third-order valence-electron chi connectivity index (χ3n) is 5.03. The maximum absolute atomic E-state index is 13.7. The second-order valence-electron chi connectivity index (χ2n) is 7.96. The van der Waals surface area contributed by atoms with Crippen LogP contribution in [0.25, 0.3) is 0 Å². The summed E-state index contributed by atoms with van der Waals surface area (Å²) >= 11 is 0. The Morgan fingerprint density at radius 1 is 1.13 bits per heavy atom. The van der Waals surface area contributed by atoms with Gasteiger partial charge in [0.05, 0.1) is 17.3 Å². The molecule has 0 fully saturated rings. The first kappa shape index (κ1) is 22.1. The van der Waals surface area contributed by atoms with Gasteiger partial charge in [0, 0.05) is 18.2 Å². The van der Waals surface area contributed by atoms with Crippen LogP contribution in [0.4, 0.5) is 33.3 Å². The van der Waals surface area contributed by atoms with Gasteiger partial charge in [0.25, 0.3) is 0 Å². The number of carbonyl (C=O) groups excluding carboxylic acids is 1. The van der Waals surface area contributed by atoms with Crippen molar-refractivity contribution in [3.63, 3.8) is 0 Å². The van der Waals surface area contributed by atoms with Crippen LogP contribution >= 0.6 is 0 Å². The number of hydrogen-bond acceptors (Lipinski definition) is 2. The van der Waals surface area contributed by atoms with E-state index < -0.39 is 35.3 Å². The molecule has 0 aromatic heterocycles. The van der Waals surface area contributed by atoms with Crippen LogP contribution in [0.15, 0.2) is 30.3 Å². The van der Waals surface area contributed by atoms with Crippen LogP contribution in [0.2, 0.25) is 0 Å². The second kappa shape index (κ2) is 8.62. The summed E-state index contributed by atoms with van der Waals surface area (Å²) in [5.74, 6) is -2.48. The Kier molecular flexibility index (Phi) is 6.33. The number of halogens is 5. The zero-order chi connectivity index (χ0) is 22.1. The van der Waals surface area contributed by atoms with Crippen LogP contribution in [0.1, 0.15) is 55.8 Å². The highest BCUT2D eigenvalue weighted by molar-refractivity contribution is 5.92. The highest BCUT2D eigenvalue weighted by atomic mass is 19.4. The fourth-order valence-electron chi connectivity index (χ4n) is 3.70. The van der Waals surface area contributed by atoms with Crippen LogP contribution in [0.3, 0.4) is 0 Å².